The fraction of sp³-hybridized carbons (Fsp3) is 0.300. The first-order valence-electron chi connectivity index (χ1n) is 8.98. The smallest absolute Gasteiger partial charge is 0.355 e. The second-order valence-corrected chi connectivity index (χ2v) is 7.77. The number of benzene rings is 1. The lowest BCUT2D eigenvalue weighted by Gasteiger charge is -2.23. The number of fused-ring (bicyclic) bond motifs is 1. The minimum absolute atomic E-state index is 0.00317. The molecule has 4 nitrogen and oxygen atoms in total. The van der Waals surface area contributed by atoms with Crippen LogP contribution < -0.4 is 4.90 Å². The van der Waals surface area contributed by atoms with Gasteiger partial charge in [-0.3, -0.25) is 4.79 Å². The Hall–Kier alpha value is -2.61. The number of hydrogen-bond acceptors (Lipinski definition) is 4. The van der Waals surface area contributed by atoms with Crippen molar-refractivity contribution < 1.29 is 18.0 Å². The van der Waals surface area contributed by atoms with Crippen LogP contribution in [-0.4, -0.2) is 42.0 Å². The maximum Gasteiger partial charge on any atom is 0.417 e. The van der Waals surface area contributed by atoms with Crippen molar-refractivity contribution >= 4 is 33.1 Å². The molecule has 0 spiro atoms. The van der Waals surface area contributed by atoms with Gasteiger partial charge in [0.25, 0.3) is 5.91 Å². The van der Waals surface area contributed by atoms with Crippen LogP contribution in [0.25, 0.3) is 10.1 Å². The van der Waals surface area contributed by atoms with Gasteiger partial charge in [-0.25, -0.2) is 4.98 Å². The first-order chi connectivity index (χ1) is 13.4. The largest absolute Gasteiger partial charge is 0.417 e. The first-order valence-corrected chi connectivity index (χ1v) is 9.79. The van der Waals surface area contributed by atoms with E-state index in [-0.39, 0.29) is 5.91 Å². The summed E-state index contributed by atoms with van der Waals surface area (Å²) in [5, 5.41) is 1.06. The molecular formula is C20H18F3N3OS. The normalized spacial score (nSPS) is 15.7. The molecule has 2 aromatic heterocycles. The monoisotopic (exact) mass is 405 g/mol. The molecule has 0 bridgehead atoms. The number of aromatic nitrogens is 1. The number of nitrogens with zero attached hydrogens (tertiary/aromatic N) is 3. The van der Waals surface area contributed by atoms with Gasteiger partial charge in [-0.05, 0) is 36.1 Å². The van der Waals surface area contributed by atoms with Gasteiger partial charge in [-0.2, -0.15) is 13.2 Å². The minimum atomic E-state index is -4.39. The van der Waals surface area contributed by atoms with Crippen LogP contribution in [-0.2, 0) is 6.18 Å². The van der Waals surface area contributed by atoms with Gasteiger partial charge in [0.05, 0.1) is 10.4 Å². The molecule has 1 saturated heterocycles. The Balaban J connectivity index is 1.45. The SMILES string of the molecule is O=C(c1cc2ccccc2s1)N1CCCN(c2ccc(C(F)(F)F)cn2)CC1. The highest BCUT2D eigenvalue weighted by Gasteiger charge is 2.31. The molecule has 1 fully saturated rings. The summed E-state index contributed by atoms with van der Waals surface area (Å²) < 4.78 is 39.2. The molecule has 3 heterocycles. The predicted octanol–water partition coefficient (Wildman–Crippen LogP) is 4.67. The van der Waals surface area contributed by atoms with E-state index in [1.807, 2.05) is 40.1 Å². The van der Waals surface area contributed by atoms with Crippen molar-refractivity contribution in [2.75, 3.05) is 31.1 Å². The molecule has 1 aliphatic rings. The van der Waals surface area contributed by atoms with E-state index in [2.05, 4.69) is 4.98 Å². The molecule has 0 radical (unpaired) electrons. The van der Waals surface area contributed by atoms with Gasteiger partial charge in [0.15, 0.2) is 0 Å². The number of anilines is 1. The second-order valence-electron chi connectivity index (χ2n) is 6.68. The summed E-state index contributed by atoms with van der Waals surface area (Å²) in [5.74, 6) is 0.507. The summed E-state index contributed by atoms with van der Waals surface area (Å²) >= 11 is 1.48. The number of rotatable bonds is 2. The molecule has 8 heteroatoms. The van der Waals surface area contributed by atoms with Crippen molar-refractivity contribution in [3.05, 3.63) is 59.1 Å². The molecule has 0 unspecified atom stereocenters. The maximum atomic E-state index is 12.9. The van der Waals surface area contributed by atoms with E-state index in [9.17, 15) is 18.0 Å². The van der Waals surface area contributed by atoms with Crippen LogP contribution >= 0.6 is 11.3 Å². The third-order valence-electron chi connectivity index (χ3n) is 4.82. The molecular weight excluding hydrogens is 387 g/mol. The van der Waals surface area contributed by atoms with Gasteiger partial charge in [0.1, 0.15) is 5.82 Å². The Morgan fingerprint density at radius 1 is 1.04 bits per heavy atom. The summed E-state index contributed by atoms with van der Waals surface area (Å²) in [5.41, 5.74) is -0.757. The second kappa shape index (κ2) is 7.43. The molecule has 0 saturated carbocycles. The number of alkyl halides is 3. The van der Waals surface area contributed by atoms with E-state index in [1.165, 1.54) is 17.4 Å². The lowest BCUT2D eigenvalue weighted by Crippen LogP contribution is -2.35. The summed E-state index contributed by atoms with van der Waals surface area (Å²) in [6.07, 6.45) is -2.79. The summed E-state index contributed by atoms with van der Waals surface area (Å²) in [7, 11) is 0. The van der Waals surface area contributed by atoms with E-state index in [0.29, 0.717) is 36.9 Å². The van der Waals surface area contributed by atoms with Crippen molar-refractivity contribution in [2.24, 2.45) is 0 Å². The van der Waals surface area contributed by atoms with Crippen LogP contribution in [0.4, 0.5) is 19.0 Å². The third kappa shape index (κ3) is 3.82. The highest BCUT2D eigenvalue weighted by atomic mass is 32.1. The van der Waals surface area contributed by atoms with Crippen molar-refractivity contribution in [3.8, 4) is 0 Å². The highest BCUT2D eigenvalue weighted by molar-refractivity contribution is 7.20. The van der Waals surface area contributed by atoms with E-state index in [0.717, 1.165) is 28.8 Å². The Kier molecular flexibility index (Phi) is 4.97. The zero-order chi connectivity index (χ0) is 19.7. The lowest BCUT2D eigenvalue weighted by molar-refractivity contribution is -0.137. The number of amides is 1. The van der Waals surface area contributed by atoms with Crippen LogP contribution in [0.15, 0.2) is 48.7 Å². The summed E-state index contributed by atoms with van der Waals surface area (Å²) in [6.45, 7) is 2.31. The summed E-state index contributed by atoms with van der Waals surface area (Å²) in [6, 6.07) is 12.3. The van der Waals surface area contributed by atoms with Crippen molar-refractivity contribution in [3.63, 3.8) is 0 Å². The Morgan fingerprint density at radius 3 is 2.57 bits per heavy atom. The first kappa shape index (κ1) is 18.7. The molecule has 1 aromatic carbocycles. The van der Waals surface area contributed by atoms with Crippen LogP contribution in [0, 0.1) is 0 Å². The number of hydrogen-bond donors (Lipinski definition) is 0. The van der Waals surface area contributed by atoms with Crippen LogP contribution in [0.2, 0.25) is 0 Å². The van der Waals surface area contributed by atoms with Crippen LogP contribution in [0.1, 0.15) is 21.7 Å². The van der Waals surface area contributed by atoms with Gasteiger partial charge in [0, 0.05) is 37.1 Å². The molecule has 4 rings (SSSR count). The van der Waals surface area contributed by atoms with Gasteiger partial charge < -0.3 is 9.80 Å². The molecule has 0 atom stereocenters. The van der Waals surface area contributed by atoms with Gasteiger partial charge >= 0.3 is 6.18 Å². The fourth-order valence-electron chi connectivity index (χ4n) is 3.33. The third-order valence-corrected chi connectivity index (χ3v) is 5.92. The van der Waals surface area contributed by atoms with Gasteiger partial charge in [-0.15, -0.1) is 11.3 Å². The average Bonchev–Trinajstić information content (AvgIpc) is 2.96. The van der Waals surface area contributed by atoms with Crippen molar-refractivity contribution in [1.82, 2.24) is 9.88 Å². The number of thiophene rings is 1. The molecule has 0 N–H and O–H groups in total. The minimum Gasteiger partial charge on any atom is -0.355 e. The Bertz CT molecular complexity index is 951. The van der Waals surface area contributed by atoms with E-state index < -0.39 is 11.7 Å². The fourth-order valence-corrected chi connectivity index (χ4v) is 4.36. The van der Waals surface area contributed by atoms with Crippen LogP contribution in [0.3, 0.4) is 0 Å². The van der Waals surface area contributed by atoms with E-state index in [1.54, 1.807) is 0 Å². The Labute approximate surface area is 164 Å². The molecule has 3 aromatic rings. The quantitative estimate of drug-likeness (QED) is 0.622. The van der Waals surface area contributed by atoms with Gasteiger partial charge in [0.2, 0.25) is 0 Å². The number of carbonyl (C=O) groups excluding carboxylic acids is 1. The number of pyridine rings is 1. The van der Waals surface area contributed by atoms with Crippen molar-refractivity contribution in [2.45, 2.75) is 12.6 Å². The lowest BCUT2D eigenvalue weighted by atomic mass is 10.2. The molecule has 28 heavy (non-hydrogen) atoms. The topological polar surface area (TPSA) is 36.4 Å². The number of carbonyl (C=O) groups is 1. The van der Waals surface area contributed by atoms with Gasteiger partial charge in [-0.1, -0.05) is 18.2 Å². The van der Waals surface area contributed by atoms with Crippen LogP contribution in [0.5, 0.6) is 0 Å². The number of halogens is 3. The predicted molar refractivity (Wildman–Crippen MR) is 104 cm³/mol. The molecule has 0 aliphatic carbocycles. The summed E-state index contributed by atoms with van der Waals surface area (Å²) in [4.78, 5) is 21.3. The highest BCUT2D eigenvalue weighted by Crippen LogP contribution is 2.30. The Morgan fingerprint density at radius 2 is 1.86 bits per heavy atom. The average molecular weight is 405 g/mol. The zero-order valence-corrected chi connectivity index (χ0v) is 15.8. The van der Waals surface area contributed by atoms with Crippen molar-refractivity contribution in [1.29, 1.82) is 0 Å². The van der Waals surface area contributed by atoms with E-state index >= 15 is 0 Å². The molecule has 1 amide bonds. The maximum absolute atomic E-state index is 12.9. The molecule has 146 valence electrons. The zero-order valence-electron chi connectivity index (χ0n) is 14.9. The standard InChI is InChI=1S/C20H18F3N3OS/c21-20(22,23)15-6-7-18(24-13-15)25-8-3-9-26(11-10-25)19(27)17-12-14-4-1-2-5-16(14)28-17/h1-2,4-7,12-13H,3,8-11H2. The molecule has 1 aliphatic heterocycles. The van der Waals surface area contributed by atoms with E-state index in [4.69, 9.17) is 0 Å².